The molecule has 0 radical (unpaired) electrons. The second kappa shape index (κ2) is 7.66. The van der Waals surface area contributed by atoms with Gasteiger partial charge in [-0.05, 0) is 30.5 Å². The van der Waals surface area contributed by atoms with Gasteiger partial charge in [0, 0.05) is 18.8 Å². The molecule has 1 heterocycles. The van der Waals surface area contributed by atoms with Gasteiger partial charge in [0.15, 0.2) is 0 Å². The van der Waals surface area contributed by atoms with Crippen LogP contribution in [-0.4, -0.2) is 48.6 Å². The van der Waals surface area contributed by atoms with Crippen molar-refractivity contribution in [3.05, 3.63) is 23.2 Å². The molecule has 0 aromatic heterocycles. The maximum Gasteiger partial charge on any atom is 0.307 e. The number of benzene rings is 1. The molecule has 6 nitrogen and oxygen atoms in total. The Kier molecular flexibility index (Phi) is 5.85. The molecule has 1 aliphatic rings. The molecule has 2 unspecified atom stereocenters. The highest BCUT2D eigenvalue weighted by Gasteiger charge is 2.30. The van der Waals surface area contributed by atoms with E-state index in [2.05, 4.69) is 5.32 Å². The van der Waals surface area contributed by atoms with Crippen LogP contribution >= 0.6 is 11.6 Å². The summed E-state index contributed by atoms with van der Waals surface area (Å²) in [5, 5.41) is 12.4. The zero-order chi connectivity index (χ0) is 17.0. The van der Waals surface area contributed by atoms with Crippen molar-refractivity contribution in [1.82, 2.24) is 4.90 Å². The van der Waals surface area contributed by atoms with Gasteiger partial charge in [-0.1, -0.05) is 18.5 Å². The maximum atomic E-state index is 12.2. The number of amides is 1. The number of nitrogens with zero attached hydrogens (tertiary/aromatic N) is 1. The van der Waals surface area contributed by atoms with Crippen LogP contribution in [0.4, 0.5) is 5.69 Å². The molecule has 1 fully saturated rings. The van der Waals surface area contributed by atoms with Crippen LogP contribution in [-0.2, 0) is 9.59 Å². The quantitative estimate of drug-likeness (QED) is 0.860. The lowest BCUT2D eigenvalue weighted by Gasteiger charge is -2.34. The number of ether oxygens (including phenoxy) is 1. The number of methoxy groups -OCH3 is 1. The minimum atomic E-state index is -0.802. The van der Waals surface area contributed by atoms with Crippen LogP contribution in [0.3, 0.4) is 0 Å². The highest BCUT2D eigenvalue weighted by atomic mass is 35.5. The lowest BCUT2D eigenvalue weighted by atomic mass is 9.90. The number of aliphatic carboxylic acids is 1. The predicted molar refractivity (Wildman–Crippen MR) is 88.0 cm³/mol. The predicted octanol–water partition coefficient (Wildman–Crippen LogP) is 2.33. The first-order valence-corrected chi connectivity index (χ1v) is 7.85. The minimum Gasteiger partial charge on any atom is -0.495 e. The van der Waals surface area contributed by atoms with Gasteiger partial charge in [-0.15, -0.1) is 0 Å². The van der Waals surface area contributed by atoms with E-state index in [0.29, 0.717) is 29.4 Å². The Morgan fingerprint density at radius 3 is 2.78 bits per heavy atom. The Morgan fingerprint density at radius 2 is 2.17 bits per heavy atom. The van der Waals surface area contributed by atoms with E-state index in [9.17, 15) is 9.59 Å². The molecule has 0 bridgehead atoms. The van der Waals surface area contributed by atoms with Crippen LogP contribution in [0.2, 0.25) is 5.02 Å². The zero-order valence-electron chi connectivity index (χ0n) is 13.2. The van der Waals surface area contributed by atoms with E-state index in [1.54, 1.807) is 18.2 Å². The molecule has 0 saturated carbocycles. The molecule has 0 spiro atoms. The standard InChI is InChI=1S/C16H21ClN2O4/c1-10-5-11(16(21)22)8-19(7-10)9-15(20)18-12-3-4-14(23-2)13(17)6-12/h3-4,6,10-11H,5,7-9H2,1-2H3,(H,18,20)(H,21,22). The molecule has 23 heavy (non-hydrogen) atoms. The van der Waals surface area contributed by atoms with Crippen molar-refractivity contribution in [2.45, 2.75) is 13.3 Å². The SMILES string of the molecule is COc1ccc(NC(=O)CN2CC(C)CC(C(=O)O)C2)cc1Cl. The van der Waals surface area contributed by atoms with E-state index in [1.807, 2.05) is 11.8 Å². The topological polar surface area (TPSA) is 78.9 Å². The number of nitrogens with one attached hydrogen (secondary N) is 1. The summed E-state index contributed by atoms with van der Waals surface area (Å²) in [6.07, 6.45) is 0.654. The first kappa shape index (κ1) is 17.6. The summed E-state index contributed by atoms with van der Waals surface area (Å²) in [6.45, 7) is 3.29. The van der Waals surface area contributed by atoms with Gasteiger partial charge in [0.05, 0.1) is 24.6 Å². The average Bonchev–Trinajstić information content (AvgIpc) is 2.46. The number of carbonyl (C=O) groups excluding carboxylic acids is 1. The molecule has 1 saturated heterocycles. The number of carboxylic acid groups (broad SMARTS) is 1. The fourth-order valence-corrected chi connectivity index (χ4v) is 3.18. The monoisotopic (exact) mass is 340 g/mol. The minimum absolute atomic E-state index is 0.164. The van der Waals surface area contributed by atoms with E-state index in [1.165, 1.54) is 7.11 Å². The molecule has 1 amide bonds. The van der Waals surface area contributed by atoms with Crippen molar-refractivity contribution in [3.8, 4) is 5.75 Å². The normalized spacial score (nSPS) is 21.7. The molecular formula is C16H21ClN2O4. The highest BCUT2D eigenvalue weighted by Crippen LogP contribution is 2.27. The third-order valence-corrected chi connectivity index (χ3v) is 4.18. The van der Waals surface area contributed by atoms with Gasteiger partial charge in [0.1, 0.15) is 5.75 Å². The van der Waals surface area contributed by atoms with Crippen LogP contribution in [0.25, 0.3) is 0 Å². The van der Waals surface area contributed by atoms with Crippen molar-refractivity contribution >= 4 is 29.2 Å². The molecule has 2 rings (SSSR count). The van der Waals surface area contributed by atoms with E-state index in [-0.39, 0.29) is 18.4 Å². The summed E-state index contributed by atoms with van der Waals surface area (Å²) in [7, 11) is 1.52. The number of carboxylic acids is 1. The summed E-state index contributed by atoms with van der Waals surface area (Å²) in [5.74, 6) is -0.609. The van der Waals surface area contributed by atoms with E-state index in [0.717, 1.165) is 6.54 Å². The Labute approximate surface area is 140 Å². The van der Waals surface area contributed by atoms with Crippen LogP contribution in [0.1, 0.15) is 13.3 Å². The lowest BCUT2D eigenvalue weighted by molar-refractivity contribution is -0.144. The largest absolute Gasteiger partial charge is 0.495 e. The Balaban J connectivity index is 1.93. The number of likely N-dealkylation sites (tertiary alicyclic amines) is 1. The fraction of sp³-hybridized carbons (Fsp3) is 0.500. The van der Waals surface area contributed by atoms with Gasteiger partial charge in [0.2, 0.25) is 5.91 Å². The van der Waals surface area contributed by atoms with Crippen LogP contribution in [0.5, 0.6) is 5.75 Å². The molecular weight excluding hydrogens is 320 g/mol. The number of rotatable bonds is 5. The van der Waals surface area contributed by atoms with E-state index in [4.69, 9.17) is 21.4 Å². The van der Waals surface area contributed by atoms with Crippen molar-refractivity contribution in [2.24, 2.45) is 11.8 Å². The Bertz CT molecular complexity index is 593. The number of carbonyl (C=O) groups is 2. The zero-order valence-corrected chi connectivity index (χ0v) is 14.0. The van der Waals surface area contributed by atoms with Crippen molar-refractivity contribution in [3.63, 3.8) is 0 Å². The molecule has 7 heteroatoms. The first-order valence-electron chi connectivity index (χ1n) is 7.47. The van der Waals surface area contributed by atoms with E-state index >= 15 is 0 Å². The van der Waals surface area contributed by atoms with Crippen molar-refractivity contribution in [2.75, 3.05) is 32.1 Å². The van der Waals surface area contributed by atoms with Crippen LogP contribution in [0, 0.1) is 11.8 Å². The van der Waals surface area contributed by atoms with Crippen molar-refractivity contribution in [1.29, 1.82) is 0 Å². The molecule has 1 aliphatic heterocycles. The Morgan fingerprint density at radius 1 is 1.43 bits per heavy atom. The molecule has 1 aromatic carbocycles. The van der Waals surface area contributed by atoms with Gasteiger partial charge in [0.25, 0.3) is 0 Å². The fourth-order valence-electron chi connectivity index (χ4n) is 2.92. The number of hydrogen-bond acceptors (Lipinski definition) is 4. The summed E-state index contributed by atoms with van der Waals surface area (Å²) in [4.78, 5) is 25.2. The molecule has 1 aromatic rings. The average molecular weight is 341 g/mol. The van der Waals surface area contributed by atoms with Crippen LogP contribution in [0.15, 0.2) is 18.2 Å². The van der Waals surface area contributed by atoms with Gasteiger partial charge in [-0.3, -0.25) is 14.5 Å². The molecule has 0 aliphatic carbocycles. The summed E-state index contributed by atoms with van der Waals surface area (Å²) < 4.78 is 5.06. The van der Waals surface area contributed by atoms with Gasteiger partial charge in [-0.25, -0.2) is 0 Å². The summed E-state index contributed by atoms with van der Waals surface area (Å²) >= 11 is 6.03. The first-order chi connectivity index (χ1) is 10.9. The smallest absolute Gasteiger partial charge is 0.307 e. The molecule has 2 N–H and O–H groups in total. The molecule has 126 valence electrons. The highest BCUT2D eigenvalue weighted by molar-refractivity contribution is 6.32. The third-order valence-electron chi connectivity index (χ3n) is 3.89. The number of hydrogen-bond donors (Lipinski definition) is 2. The van der Waals surface area contributed by atoms with Gasteiger partial charge < -0.3 is 15.2 Å². The summed E-state index contributed by atoms with van der Waals surface area (Å²) in [5.41, 5.74) is 0.584. The lowest BCUT2D eigenvalue weighted by Crippen LogP contribution is -2.45. The molecule has 2 atom stereocenters. The van der Waals surface area contributed by atoms with Gasteiger partial charge >= 0.3 is 5.97 Å². The number of anilines is 1. The number of piperidine rings is 1. The number of halogens is 1. The van der Waals surface area contributed by atoms with Crippen molar-refractivity contribution < 1.29 is 19.4 Å². The Hall–Kier alpha value is -1.79. The summed E-state index contributed by atoms with van der Waals surface area (Å²) in [6, 6.07) is 5.01. The third kappa shape index (κ3) is 4.84. The second-order valence-corrected chi connectivity index (χ2v) is 6.37. The maximum absolute atomic E-state index is 12.2. The van der Waals surface area contributed by atoms with Crippen LogP contribution < -0.4 is 10.1 Å². The van der Waals surface area contributed by atoms with Gasteiger partial charge in [-0.2, -0.15) is 0 Å². The second-order valence-electron chi connectivity index (χ2n) is 5.97. The van der Waals surface area contributed by atoms with E-state index < -0.39 is 11.9 Å².